The molecule has 21 heavy (non-hydrogen) atoms. The van der Waals surface area contributed by atoms with Crippen LogP contribution >= 0.6 is 0 Å². The minimum Gasteiger partial charge on any atom is -0.465 e. The summed E-state index contributed by atoms with van der Waals surface area (Å²) in [6.45, 7) is 2.06. The predicted octanol–water partition coefficient (Wildman–Crippen LogP) is 1.10. The van der Waals surface area contributed by atoms with Gasteiger partial charge < -0.3 is 14.8 Å². The van der Waals surface area contributed by atoms with Gasteiger partial charge in [0.15, 0.2) is 0 Å². The Hall–Kier alpha value is -2.40. The number of quaternary nitrogens is 1. The van der Waals surface area contributed by atoms with Crippen molar-refractivity contribution in [2.45, 2.75) is 13.0 Å². The molecule has 2 N–H and O–H groups in total. The molecule has 0 aliphatic rings. The van der Waals surface area contributed by atoms with E-state index in [2.05, 4.69) is 16.4 Å². The zero-order valence-corrected chi connectivity index (χ0v) is 12.4. The van der Waals surface area contributed by atoms with Gasteiger partial charge in [0.2, 0.25) is 0 Å². The number of hydrogen-bond donors (Lipinski definition) is 1. The summed E-state index contributed by atoms with van der Waals surface area (Å²) in [6.07, 6.45) is 4.78. The summed E-state index contributed by atoms with van der Waals surface area (Å²) in [4.78, 5) is 22.9. The number of ether oxygens (including phenoxy) is 2. The van der Waals surface area contributed by atoms with E-state index in [4.69, 9.17) is 0 Å². The Balaban J connectivity index is 2.68. The first-order valence-corrected chi connectivity index (χ1v) is 6.53. The quantitative estimate of drug-likeness (QED) is 0.280. The van der Waals surface area contributed by atoms with Crippen LogP contribution in [0.5, 0.6) is 0 Å². The maximum atomic E-state index is 11.4. The molecule has 0 bridgehead atoms. The summed E-state index contributed by atoms with van der Waals surface area (Å²) >= 11 is 0. The van der Waals surface area contributed by atoms with Gasteiger partial charge in [-0.3, -0.25) is 0 Å². The van der Waals surface area contributed by atoms with Gasteiger partial charge in [-0.2, -0.15) is 0 Å². The molecule has 0 radical (unpaired) electrons. The number of allylic oxidation sites excluding steroid dienone is 2. The van der Waals surface area contributed by atoms with Crippen LogP contribution < -0.4 is 5.32 Å². The Bertz CT molecular complexity index is 516. The predicted molar refractivity (Wildman–Crippen MR) is 78.0 cm³/mol. The summed E-state index contributed by atoms with van der Waals surface area (Å²) in [6, 6.07) is 10.2. The highest BCUT2D eigenvalue weighted by Crippen LogP contribution is 2.06. The maximum Gasteiger partial charge on any atom is 0.345 e. The second-order valence-electron chi connectivity index (χ2n) is 4.34. The van der Waals surface area contributed by atoms with Crippen LogP contribution in [-0.4, -0.2) is 26.2 Å². The first-order valence-electron chi connectivity index (χ1n) is 6.53. The van der Waals surface area contributed by atoms with Gasteiger partial charge >= 0.3 is 11.9 Å². The van der Waals surface area contributed by atoms with E-state index in [1.54, 1.807) is 12.3 Å². The molecule has 0 spiro atoms. The van der Waals surface area contributed by atoms with Crippen LogP contribution in [0.25, 0.3) is 0 Å². The van der Waals surface area contributed by atoms with Crippen molar-refractivity contribution in [2.75, 3.05) is 14.2 Å². The molecule has 0 unspecified atom stereocenters. The van der Waals surface area contributed by atoms with E-state index in [-0.39, 0.29) is 11.6 Å². The van der Waals surface area contributed by atoms with Crippen molar-refractivity contribution in [1.82, 2.24) is 0 Å². The van der Waals surface area contributed by atoms with Gasteiger partial charge in [-0.25, -0.2) is 9.59 Å². The molecule has 5 heteroatoms. The largest absolute Gasteiger partial charge is 0.465 e. The Morgan fingerprint density at radius 3 is 2.19 bits per heavy atom. The zero-order valence-electron chi connectivity index (χ0n) is 12.4. The number of esters is 2. The van der Waals surface area contributed by atoms with Gasteiger partial charge in [-0.15, -0.1) is 0 Å². The summed E-state index contributed by atoms with van der Waals surface area (Å²) in [5, 5.41) is 1.97. The Labute approximate surface area is 124 Å². The van der Waals surface area contributed by atoms with Gasteiger partial charge in [0.05, 0.1) is 20.4 Å². The molecular formula is C16H20NO4+. The molecule has 5 nitrogen and oxygen atoms in total. The van der Waals surface area contributed by atoms with Gasteiger partial charge in [-0.05, 0) is 19.1 Å². The minimum absolute atomic E-state index is 0.142. The zero-order chi connectivity index (χ0) is 15.7. The smallest absolute Gasteiger partial charge is 0.345 e. The summed E-state index contributed by atoms with van der Waals surface area (Å²) in [7, 11) is 2.43. The average Bonchev–Trinajstić information content (AvgIpc) is 2.54. The van der Waals surface area contributed by atoms with Crippen LogP contribution in [0.4, 0.5) is 0 Å². The number of rotatable bonds is 6. The standard InChI is InChI=1S/C16H19NO4/c1-12(13-8-5-4-6-9-13)17-11-7-10-14(15(18)20-2)16(19)21-3/h4-12,17H,1-3H3/p+1/b11-7+/t12-/m0/s1. The van der Waals surface area contributed by atoms with Crippen molar-refractivity contribution in [2.24, 2.45) is 0 Å². The molecule has 0 saturated heterocycles. The van der Waals surface area contributed by atoms with E-state index in [0.717, 1.165) is 0 Å². The average molecular weight is 290 g/mol. The Morgan fingerprint density at radius 2 is 1.67 bits per heavy atom. The third kappa shape index (κ3) is 5.24. The minimum atomic E-state index is -0.720. The number of hydrogen-bond acceptors (Lipinski definition) is 4. The highest BCUT2D eigenvalue weighted by molar-refractivity contribution is 6.14. The first-order chi connectivity index (χ1) is 10.1. The van der Waals surface area contributed by atoms with Gasteiger partial charge in [-0.1, -0.05) is 30.3 Å². The SMILES string of the molecule is COC(=O)C(=C/C=C/[NH2+][C@@H](C)c1ccccc1)C(=O)OC. The monoisotopic (exact) mass is 290 g/mol. The molecule has 1 aromatic rings. The van der Waals surface area contributed by atoms with Crippen molar-refractivity contribution in [3.8, 4) is 0 Å². The van der Waals surface area contributed by atoms with E-state index in [0.29, 0.717) is 0 Å². The molecule has 1 aromatic carbocycles. The fourth-order valence-electron chi connectivity index (χ4n) is 1.69. The Morgan fingerprint density at radius 1 is 1.10 bits per heavy atom. The van der Waals surface area contributed by atoms with Crippen molar-refractivity contribution >= 4 is 11.9 Å². The van der Waals surface area contributed by atoms with E-state index in [9.17, 15) is 9.59 Å². The molecule has 0 aliphatic heterocycles. The molecule has 0 heterocycles. The fourth-order valence-corrected chi connectivity index (χ4v) is 1.69. The number of nitrogens with two attached hydrogens (primary N) is 1. The third-order valence-corrected chi connectivity index (χ3v) is 2.91. The second kappa shape index (κ2) is 8.71. The molecular weight excluding hydrogens is 270 g/mol. The summed E-state index contributed by atoms with van der Waals surface area (Å²) in [5.74, 6) is -1.44. The molecule has 0 amide bonds. The lowest BCUT2D eigenvalue weighted by Crippen LogP contribution is -2.78. The van der Waals surface area contributed by atoms with E-state index in [1.165, 1.54) is 25.9 Å². The lowest BCUT2D eigenvalue weighted by Gasteiger charge is -2.06. The van der Waals surface area contributed by atoms with Crippen molar-refractivity contribution in [3.05, 3.63) is 59.8 Å². The van der Waals surface area contributed by atoms with Crippen LogP contribution in [0.15, 0.2) is 54.3 Å². The molecule has 0 fully saturated rings. The highest BCUT2D eigenvalue weighted by atomic mass is 16.5. The molecule has 1 atom stereocenters. The van der Waals surface area contributed by atoms with E-state index in [1.807, 2.05) is 35.6 Å². The van der Waals surface area contributed by atoms with Crippen LogP contribution in [0, 0.1) is 0 Å². The number of methoxy groups -OCH3 is 2. The van der Waals surface area contributed by atoms with Gasteiger partial charge in [0.25, 0.3) is 0 Å². The van der Waals surface area contributed by atoms with Crippen molar-refractivity contribution < 1.29 is 24.4 Å². The number of benzene rings is 1. The lowest BCUT2D eigenvalue weighted by molar-refractivity contribution is -0.629. The Kier molecular flexibility index (Phi) is 6.91. The van der Waals surface area contributed by atoms with Crippen LogP contribution in [0.1, 0.15) is 18.5 Å². The van der Waals surface area contributed by atoms with E-state index < -0.39 is 11.9 Å². The highest BCUT2D eigenvalue weighted by Gasteiger charge is 2.18. The first kappa shape index (κ1) is 16.7. The molecule has 112 valence electrons. The number of carbonyl (C=O) groups is 2. The summed E-state index contributed by atoms with van der Waals surface area (Å²) in [5.41, 5.74) is 1.05. The van der Waals surface area contributed by atoms with Crippen LogP contribution in [0.2, 0.25) is 0 Å². The van der Waals surface area contributed by atoms with Gasteiger partial charge in [0, 0.05) is 5.56 Å². The van der Waals surface area contributed by atoms with Crippen molar-refractivity contribution in [3.63, 3.8) is 0 Å². The molecule has 0 saturated carbocycles. The fraction of sp³-hybridized carbons (Fsp3) is 0.250. The van der Waals surface area contributed by atoms with Crippen molar-refractivity contribution in [1.29, 1.82) is 0 Å². The molecule has 0 aromatic heterocycles. The van der Waals surface area contributed by atoms with E-state index >= 15 is 0 Å². The molecule has 0 aliphatic carbocycles. The third-order valence-electron chi connectivity index (χ3n) is 2.91. The van der Waals surface area contributed by atoms with Crippen LogP contribution in [-0.2, 0) is 19.1 Å². The van der Waals surface area contributed by atoms with Crippen LogP contribution in [0.3, 0.4) is 0 Å². The second-order valence-corrected chi connectivity index (χ2v) is 4.34. The maximum absolute atomic E-state index is 11.4. The topological polar surface area (TPSA) is 69.2 Å². The number of carbonyl (C=O) groups excluding carboxylic acids is 2. The molecule has 1 rings (SSSR count). The van der Waals surface area contributed by atoms with Gasteiger partial charge in [0.1, 0.15) is 11.6 Å². The normalized spacial score (nSPS) is 11.8. The lowest BCUT2D eigenvalue weighted by atomic mass is 10.1. The summed E-state index contributed by atoms with van der Waals surface area (Å²) < 4.78 is 9.06.